The van der Waals surface area contributed by atoms with Gasteiger partial charge >= 0.3 is 5.97 Å². The van der Waals surface area contributed by atoms with Crippen LogP contribution in [0.3, 0.4) is 0 Å². The number of hydrogen-bond acceptors (Lipinski definition) is 7. The number of fused-ring (bicyclic) bond motifs is 2. The van der Waals surface area contributed by atoms with Crippen molar-refractivity contribution in [2.45, 2.75) is 116 Å². The third-order valence-corrected chi connectivity index (χ3v) is 8.50. The molecule has 0 saturated carbocycles. The number of unbranched alkanes of at least 4 members (excludes halogenated alkanes) is 1. The molecule has 0 bridgehead atoms. The Morgan fingerprint density at radius 2 is 2.00 bits per heavy atom. The second-order valence-corrected chi connectivity index (χ2v) is 13.6. The Hall–Kier alpha value is -2.55. The number of benzene rings is 1. The lowest BCUT2D eigenvalue weighted by Gasteiger charge is -2.36. The number of carbonyl (C=O) groups is 1. The minimum Gasteiger partial charge on any atom is -0.459 e. The van der Waals surface area contributed by atoms with Crippen LogP contribution < -0.4 is 5.32 Å². The van der Waals surface area contributed by atoms with Crippen LogP contribution in [0, 0.1) is 0 Å². The fraction of sp³-hybridized carbons (Fsp3) is 0.647. The number of aromatic nitrogens is 1. The lowest BCUT2D eigenvalue weighted by Crippen LogP contribution is -2.41. The molecule has 1 aromatic heterocycles. The Morgan fingerprint density at radius 1 is 1.17 bits per heavy atom. The van der Waals surface area contributed by atoms with Gasteiger partial charge in [-0.3, -0.25) is 4.90 Å². The van der Waals surface area contributed by atoms with Crippen LogP contribution in [0.2, 0.25) is 0 Å². The first-order valence-corrected chi connectivity index (χ1v) is 15.7. The second-order valence-electron chi connectivity index (χ2n) is 13.6. The van der Waals surface area contributed by atoms with E-state index in [1.807, 2.05) is 39.0 Å². The Bertz CT molecular complexity index is 1240. The average molecular weight is 582 g/mol. The Morgan fingerprint density at radius 3 is 2.79 bits per heavy atom. The lowest BCUT2D eigenvalue weighted by molar-refractivity contribution is -0.161. The van der Waals surface area contributed by atoms with E-state index in [9.17, 15) is 9.18 Å². The number of nitrogens with one attached hydrogen (secondary N) is 1. The molecule has 0 spiro atoms. The van der Waals surface area contributed by atoms with Crippen molar-refractivity contribution < 1.29 is 23.4 Å². The van der Waals surface area contributed by atoms with Gasteiger partial charge in [0.05, 0.1) is 18.8 Å². The number of pyridine rings is 1. The first-order valence-electron chi connectivity index (χ1n) is 15.7. The summed E-state index contributed by atoms with van der Waals surface area (Å²) >= 11 is 0. The van der Waals surface area contributed by atoms with Gasteiger partial charge in [0, 0.05) is 38.4 Å². The van der Waals surface area contributed by atoms with Gasteiger partial charge in [-0.05, 0) is 101 Å². The van der Waals surface area contributed by atoms with Crippen molar-refractivity contribution >= 4 is 11.8 Å². The molecule has 230 valence electrons. The van der Waals surface area contributed by atoms with Crippen LogP contribution >= 0.6 is 0 Å². The lowest BCUT2D eigenvalue weighted by atomic mass is 9.86. The van der Waals surface area contributed by atoms with E-state index in [-0.39, 0.29) is 12.1 Å². The molecular formula is C34H48FN3O4. The summed E-state index contributed by atoms with van der Waals surface area (Å²) in [7, 11) is 0. The second kappa shape index (κ2) is 13.0. The zero-order valence-corrected chi connectivity index (χ0v) is 26.0. The summed E-state index contributed by atoms with van der Waals surface area (Å²) in [6.45, 7) is 12.2. The number of alkyl halides is 1. The smallest absolute Gasteiger partial charge is 0.328 e. The predicted molar refractivity (Wildman–Crippen MR) is 162 cm³/mol. The molecule has 1 aromatic carbocycles. The number of nitrogens with zero attached hydrogens (tertiary/aromatic N) is 2. The van der Waals surface area contributed by atoms with Crippen molar-refractivity contribution in [1.82, 2.24) is 9.88 Å². The van der Waals surface area contributed by atoms with Crippen LogP contribution in [0.4, 0.5) is 10.2 Å². The van der Waals surface area contributed by atoms with Crippen molar-refractivity contribution in [2.75, 3.05) is 31.6 Å². The quantitative estimate of drug-likeness (QED) is 0.268. The van der Waals surface area contributed by atoms with Crippen molar-refractivity contribution in [3.8, 4) is 0 Å². The Labute approximate surface area is 250 Å². The van der Waals surface area contributed by atoms with E-state index >= 15 is 0 Å². The monoisotopic (exact) mass is 581 g/mol. The highest BCUT2D eigenvalue weighted by Gasteiger charge is 2.40. The van der Waals surface area contributed by atoms with Gasteiger partial charge in [-0.25, -0.2) is 14.2 Å². The minimum atomic E-state index is -1.48. The molecule has 2 aromatic rings. The van der Waals surface area contributed by atoms with Gasteiger partial charge in [0.15, 0.2) is 0 Å². The molecule has 1 saturated heterocycles. The van der Waals surface area contributed by atoms with Crippen LogP contribution in [0.25, 0.3) is 0 Å². The van der Waals surface area contributed by atoms with Crippen LogP contribution in [0.1, 0.15) is 94.3 Å². The van der Waals surface area contributed by atoms with Gasteiger partial charge in [-0.1, -0.05) is 24.3 Å². The number of aryl methyl sites for hydroxylation is 2. The minimum absolute atomic E-state index is 0.0569. The molecule has 2 unspecified atom stereocenters. The number of hydrogen-bond donors (Lipinski definition) is 1. The van der Waals surface area contributed by atoms with E-state index in [1.165, 1.54) is 12.0 Å². The number of carbonyl (C=O) groups excluding carboxylic acids is 1. The van der Waals surface area contributed by atoms with Crippen LogP contribution in [0.15, 0.2) is 30.3 Å². The SMILES string of the molecule is CC(C)(C)OC(=O)C(c1cccc2c1CC(C(C)(C)F)OC2)N1CC[C@@H](OCCCCc2ccc3c(n2)NCCC3)C1. The maximum Gasteiger partial charge on any atom is 0.328 e. The highest BCUT2D eigenvalue weighted by molar-refractivity contribution is 5.79. The Kier molecular flexibility index (Phi) is 9.55. The van der Waals surface area contributed by atoms with Gasteiger partial charge in [0.2, 0.25) is 0 Å². The van der Waals surface area contributed by atoms with Crippen molar-refractivity contribution in [1.29, 1.82) is 0 Å². The molecule has 0 radical (unpaired) electrons. The summed E-state index contributed by atoms with van der Waals surface area (Å²) in [5.74, 6) is 0.780. The number of halogens is 1. The number of ether oxygens (including phenoxy) is 3. The predicted octanol–water partition coefficient (Wildman–Crippen LogP) is 6.13. The summed E-state index contributed by atoms with van der Waals surface area (Å²) in [6, 6.07) is 9.77. The highest BCUT2D eigenvalue weighted by Crippen LogP contribution is 2.37. The highest BCUT2D eigenvalue weighted by atomic mass is 19.1. The van der Waals surface area contributed by atoms with Gasteiger partial charge in [0.25, 0.3) is 0 Å². The summed E-state index contributed by atoms with van der Waals surface area (Å²) in [5.41, 5.74) is 3.26. The average Bonchev–Trinajstić information content (AvgIpc) is 3.39. The molecule has 3 aliphatic heterocycles. The number of rotatable bonds is 10. The fourth-order valence-corrected chi connectivity index (χ4v) is 6.29. The molecule has 1 N–H and O–H groups in total. The van der Waals surface area contributed by atoms with Crippen LogP contribution in [0.5, 0.6) is 0 Å². The number of esters is 1. The van der Waals surface area contributed by atoms with Gasteiger partial charge in [-0.2, -0.15) is 0 Å². The Balaban J connectivity index is 1.21. The summed E-state index contributed by atoms with van der Waals surface area (Å²) in [6.07, 6.45) is 5.98. The van der Waals surface area contributed by atoms with Crippen molar-refractivity contribution in [3.05, 3.63) is 58.3 Å². The molecule has 3 atom stereocenters. The van der Waals surface area contributed by atoms with E-state index in [0.29, 0.717) is 26.2 Å². The molecular weight excluding hydrogens is 533 g/mol. The summed E-state index contributed by atoms with van der Waals surface area (Å²) in [4.78, 5) is 20.7. The molecule has 0 amide bonds. The molecule has 8 heteroatoms. The number of anilines is 1. The third-order valence-electron chi connectivity index (χ3n) is 8.50. The zero-order valence-electron chi connectivity index (χ0n) is 26.0. The van der Waals surface area contributed by atoms with Gasteiger partial charge in [-0.15, -0.1) is 0 Å². The molecule has 3 aliphatic rings. The van der Waals surface area contributed by atoms with E-state index in [2.05, 4.69) is 22.3 Å². The van der Waals surface area contributed by atoms with Crippen LogP contribution in [-0.4, -0.2) is 65.6 Å². The topological polar surface area (TPSA) is 72.9 Å². The summed E-state index contributed by atoms with van der Waals surface area (Å²) in [5, 5.41) is 3.42. The molecule has 0 aliphatic carbocycles. The maximum atomic E-state index is 14.9. The molecule has 4 heterocycles. The largest absolute Gasteiger partial charge is 0.459 e. The van der Waals surface area contributed by atoms with Gasteiger partial charge < -0.3 is 19.5 Å². The fourth-order valence-electron chi connectivity index (χ4n) is 6.29. The molecule has 1 fully saturated rings. The van der Waals surface area contributed by atoms with E-state index < -0.39 is 23.4 Å². The van der Waals surface area contributed by atoms with Crippen molar-refractivity contribution in [2.24, 2.45) is 0 Å². The van der Waals surface area contributed by atoms with E-state index in [0.717, 1.165) is 73.4 Å². The van der Waals surface area contributed by atoms with Gasteiger partial charge in [0.1, 0.15) is 23.1 Å². The maximum absolute atomic E-state index is 14.9. The molecule has 5 rings (SSSR count). The van der Waals surface area contributed by atoms with Crippen LogP contribution in [-0.2, 0) is 44.9 Å². The molecule has 42 heavy (non-hydrogen) atoms. The zero-order chi connectivity index (χ0) is 29.9. The van der Waals surface area contributed by atoms with E-state index in [1.54, 1.807) is 13.8 Å². The standard InChI is InChI=1S/C34H48FN3O4/c1-33(2,3)42-32(39)30(27-13-8-10-24-22-41-29(20-28(24)27)34(4,5)35)38-18-16-26(21-38)40-19-7-6-12-25-15-14-23-11-9-17-36-31(23)37-25/h8,10,13-15,26,29-30H,6-7,9,11-12,16-22H2,1-5H3,(H,36,37)/t26-,29?,30?/m1/s1. The first kappa shape index (κ1) is 30.9. The third kappa shape index (κ3) is 7.69. The summed E-state index contributed by atoms with van der Waals surface area (Å²) < 4.78 is 33.0. The van der Waals surface area contributed by atoms with E-state index in [4.69, 9.17) is 19.2 Å². The normalized spacial score (nSPS) is 21.8. The molecule has 7 nitrogen and oxygen atoms in total. The first-order chi connectivity index (χ1) is 20.0. The van der Waals surface area contributed by atoms with Crippen molar-refractivity contribution in [3.63, 3.8) is 0 Å². The number of likely N-dealkylation sites (tertiary alicyclic amines) is 1.